The Balaban J connectivity index is 0.00000200. The molecule has 1 aliphatic rings. The summed E-state index contributed by atoms with van der Waals surface area (Å²) in [5, 5.41) is 2.15. The van der Waals surface area contributed by atoms with Crippen LogP contribution in [0.5, 0.6) is 17.2 Å². The molecule has 0 aromatic heterocycles. The molecule has 5 nitrogen and oxygen atoms in total. The molecule has 0 saturated carbocycles. The first-order valence-corrected chi connectivity index (χ1v) is 12.7. The van der Waals surface area contributed by atoms with Crippen LogP contribution >= 0.6 is 0 Å². The van der Waals surface area contributed by atoms with E-state index in [-0.39, 0.29) is 24.8 Å². The van der Waals surface area contributed by atoms with Crippen LogP contribution in [0.3, 0.4) is 0 Å². The van der Waals surface area contributed by atoms with E-state index < -0.39 is 0 Å². The SMILES string of the molecule is COc1cc2cc(C[NH+]3CC[NH+](C(c4ccccc4)c4ccccc4)CC3)ccc2c(OC)c1OC.[Cl-].[Cl-]. The summed E-state index contributed by atoms with van der Waals surface area (Å²) in [5.41, 5.74) is 4.13. The lowest BCUT2D eigenvalue weighted by Crippen LogP contribution is -3.27. The first-order chi connectivity index (χ1) is 17.7. The molecule has 38 heavy (non-hydrogen) atoms. The Kier molecular flexibility index (Phi) is 10.7. The zero-order valence-corrected chi connectivity index (χ0v) is 23.7. The fourth-order valence-corrected chi connectivity index (χ4v) is 5.67. The fraction of sp³-hybridized carbons (Fsp3) is 0.290. The summed E-state index contributed by atoms with van der Waals surface area (Å²) in [4.78, 5) is 3.28. The van der Waals surface area contributed by atoms with Gasteiger partial charge in [-0.15, -0.1) is 0 Å². The zero-order valence-electron chi connectivity index (χ0n) is 22.2. The average molecular weight is 556 g/mol. The van der Waals surface area contributed by atoms with E-state index in [9.17, 15) is 0 Å². The number of nitrogens with one attached hydrogen (secondary N) is 2. The molecule has 5 rings (SSSR count). The molecule has 0 atom stereocenters. The molecule has 1 aliphatic heterocycles. The largest absolute Gasteiger partial charge is 1.00 e. The number of hydrogen-bond acceptors (Lipinski definition) is 3. The van der Waals surface area contributed by atoms with Crippen LogP contribution in [0.2, 0.25) is 0 Å². The lowest BCUT2D eigenvalue weighted by Gasteiger charge is -2.35. The van der Waals surface area contributed by atoms with Gasteiger partial charge in [-0.05, 0) is 17.5 Å². The normalized spacial score (nSPS) is 16.8. The second-order valence-electron chi connectivity index (χ2n) is 9.54. The van der Waals surface area contributed by atoms with E-state index in [0.717, 1.165) is 49.2 Å². The number of methoxy groups -OCH3 is 3. The van der Waals surface area contributed by atoms with Gasteiger partial charge >= 0.3 is 0 Å². The first kappa shape index (κ1) is 29.6. The van der Waals surface area contributed by atoms with Gasteiger partial charge in [-0.1, -0.05) is 72.8 Å². The highest BCUT2D eigenvalue weighted by Crippen LogP contribution is 2.43. The van der Waals surface area contributed by atoms with Crippen molar-refractivity contribution in [1.29, 1.82) is 0 Å². The van der Waals surface area contributed by atoms with Gasteiger partial charge in [-0.25, -0.2) is 0 Å². The van der Waals surface area contributed by atoms with E-state index in [4.69, 9.17) is 14.2 Å². The highest BCUT2D eigenvalue weighted by molar-refractivity contribution is 5.93. The molecule has 0 amide bonds. The molecule has 0 spiro atoms. The van der Waals surface area contributed by atoms with Crippen LogP contribution in [-0.4, -0.2) is 47.5 Å². The molecule has 1 fully saturated rings. The van der Waals surface area contributed by atoms with Gasteiger partial charge in [0.2, 0.25) is 5.75 Å². The van der Waals surface area contributed by atoms with E-state index in [2.05, 4.69) is 78.9 Å². The molecule has 202 valence electrons. The van der Waals surface area contributed by atoms with Crippen LogP contribution in [0.15, 0.2) is 84.9 Å². The Morgan fingerprint density at radius 2 is 1.24 bits per heavy atom. The highest BCUT2D eigenvalue weighted by atomic mass is 35.5. The summed E-state index contributed by atoms with van der Waals surface area (Å²) >= 11 is 0. The van der Waals surface area contributed by atoms with Crippen LogP contribution in [0.1, 0.15) is 22.7 Å². The molecule has 1 saturated heterocycles. The number of benzene rings is 4. The summed E-state index contributed by atoms with van der Waals surface area (Å²) in [6.45, 7) is 5.62. The number of rotatable bonds is 8. The van der Waals surface area contributed by atoms with Crippen molar-refractivity contribution in [2.24, 2.45) is 0 Å². The summed E-state index contributed by atoms with van der Waals surface area (Å²) in [6.07, 6.45) is 0. The van der Waals surface area contributed by atoms with Crippen LogP contribution < -0.4 is 48.8 Å². The van der Waals surface area contributed by atoms with Gasteiger partial charge in [0.05, 0.1) is 21.3 Å². The van der Waals surface area contributed by atoms with Gasteiger partial charge in [0.25, 0.3) is 0 Å². The Morgan fingerprint density at radius 1 is 0.658 bits per heavy atom. The van der Waals surface area contributed by atoms with Gasteiger partial charge in [0.1, 0.15) is 38.8 Å². The minimum Gasteiger partial charge on any atom is -1.00 e. The highest BCUT2D eigenvalue weighted by Gasteiger charge is 2.31. The molecule has 7 heteroatoms. The van der Waals surface area contributed by atoms with Crippen molar-refractivity contribution >= 4 is 10.8 Å². The molecule has 0 bridgehead atoms. The van der Waals surface area contributed by atoms with Crippen LogP contribution in [0.4, 0.5) is 0 Å². The fourth-order valence-electron chi connectivity index (χ4n) is 5.67. The maximum Gasteiger partial charge on any atom is 0.203 e. The van der Waals surface area contributed by atoms with E-state index in [1.165, 1.54) is 16.7 Å². The van der Waals surface area contributed by atoms with Crippen molar-refractivity contribution in [3.05, 3.63) is 102 Å². The summed E-state index contributed by atoms with van der Waals surface area (Å²) in [6, 6.07) is 31.0. The smallest absolute Gasteiger partial charge is 0.203 e. The first-order valence-electron chi connectivity index (χ1n) is 12.7. The molecule has 2 N–H and O–H groups in total. The number of quaternary nitrogens is 2. The Bertz CT molecular complexity index is 1260. The van der Waals surface area contributed by atoms with Crippen LogP contribution in [0.25, 0.3) is 10.8 Å². The number of ether oxygens (including phenoxy) is 3. The Labute approximate surface area is 238 Å². The van der Waals surface area contributed by atoms with Crippen molar-refractivity contribution in [3.8, 4) is 17.2 Å². The molecular formula is C31H36Cl2N2O3. The van der Waals surface area contributed by atoms with Crippen molar-refractivity contribution in [2.75, 3.05) is 47.5 Å². The second kappa shape index (κ2) is 13.7. The van der Waals surface area contributed by atoms with Gasteiger partial charge in [-0.3, -0.25) is 0 Å². The third-order valence-corrected chi connectivity index (χ3v) is 7.43. The maximum absolute atomic E-state index is 5.68. The summed E-state index contributed by atoms with van der Waals surface area (Å²) in [5.74, 6) is 2.05. The monoisotopic (exact) mass is 554 g/mol. The predicted molar refractivity (Wildman–Crippen MR) is 143 cm³/mol. The lowest BCUT2D eigenvalue weighted by molar-refractivity contribution is -1.03. The summed E-state index contributed by atoms with van der Waals surface area (Å²) in [7, 11) is 4.98. The second-order valence-corrected chi connectivity index (χ2v) is 9.54. The quantitative estimate of drug-likeness (QED) is 0.243. The molecular weight excluding hydrogens is 519 g/mol. The van der Waals surface area contributed by atoms with E-state index in [1.807, 2.05) is 6.07 Å². The van der Waals surface area contributed by atoms with Gasteiger partial charge in [0, 0.05) is 22.1 Å². The third-order valence-electron chi connectivity index (χ3n) is 7.43. The van der Waals surface area contributed by atoms with Crippen molar-refractivity contribution in [2.45, 2.75) is 12.6 Å². The van der Waals surface area contributed by atoms with Crippen LogP contribution in [-0.2, 0) is 6.54 Å². The minimum absolute atomic E-state index is 0. The van der Waals surface area contributed by atoms with Gasteiger partial charge in [0.15, 0.2) is 11.5 Å². The number of fused-ring (bicyclic) bond motifs is 1. The van der Waals surface area contributed by atoms with Gasteiger partial charge in [-0.2, -0.15) is 0 Å². The van der Waals surface area contributed by atoms with Gasteiger partial charge < -0.3 is 48.8 Å². The van der Waals surface area contributed by atoms with Crippen molar-refractivity contribution in [3.63, 3.8) is 0 Å². The lowest BCUT2D eigenvalue weighted by atomic mass is 9.96. The Morgan fingerprint density at radius 3 is 1.76 bits per heavy atom. The minimum atomic E-state index is 0. The zero-order chi connectivity index (χ0) is 24.9. The average Bonchev–Trinajstić information content (AvgIpc) is 2.94. The number of halogens is 2. The molecule has 4 aromatic carbocycles. The van der Waals surface area contributed by atoms with E-state index in [0.29, 0.717) is 17.5 Å². The predicted octanol–water partition coefficient (Wildman–Crippen LogP) is -3.05. The molecule has 0 unspecified atom stereocenters. The van der Waals surface area contributed by atoms with E-state index in [1.54, 1.807) is 31.1 Å². The number of piperazine rings is 1. The Hall–Kier alpha value is -2.96. The molecule has 4 aromatic rings. The standard InChI is InChI=1S/C31H34N2O3.2ClH/c1-34-28-21-26-20-23(14-15-27(26)30(35-2)31(28)36-3)22-32-16-18-33(19-17-32)29(24-10-6-4-7-11-24)25-12-8-5-9-13-25;;/h4-15,20-21,29H,16-19,22H2,1-3H3;2*1H. The summed E-state index contributed by atoms with van der Waals surface area (Å²) < 4.78 is 16.8. The third kappa shape index (κ3) is 6.19. The molecule has 0 radical (unpaired) electrons. The molecule has 0 aliphatic carbocycles. The van der Waals surface area contributed by atoms with E-state index >= 15 is 0 Å². The van der Waals surface area contributed by atoms with Crippen LogP contribution in [0, 0.1) is 0 Å². The van der Waals surface area contributed by atoms with Crippen molar-refractivity contribution < 1.29 is 48.8 Å². The maximum atomic E-state index is 5.68. The van der Waals surface area contributed by atoms with Crippen molar-refractivity contribution in [1.82, 2.24) is 0 Å². The number of hydrogen-bond donors (Lipinski definition) is 2. The molecule has 1 heterocycles. The topological polar surface area (TPSA) is 36.6 Å².